The number of ether oxygens (including phenoxy) is 1. The van der Waals surface area contributed by atoms with Crippen molar-refractivity contribution in [1.29, 1.82) is 0 Å². The number of carbonyl (C=O) groups is 1. The van der Waals surface area contributed by atoms with Crippen LogP contribution in [0.5, 0.6) is 0 Å². The van der Waals surface area contributed by atoms with Crippen LogP contribution in [0.3, 0.4) is 0 Å². The van der Waals surface area contributed by atoms with E-state index in [0.717, 1.165) is 29.7 Å². The van der Waals surface area contributed by atoms with Crippen molar-refractivity contribution in [3.8, 4) is 11.1 Å². The summed E-state index contributed by atoms with van der Waals surface area (Å²) in [6.07, 6.45) is 1.50. The standard InChI is InChI=1S/C16H18ClN3O2/c1-10-14(12-3-2-4-13(17)9-12)15(20-19-10)18-16(21)11-5-7-22-8-6-11/h2-4,9,11H,5-8H2,1H3,(H2,18,19,20,21). The van der Waals surface area contributed by atoms with Gasteiger partial charge in [-0.05, 0) is 37.5 Å². The van der Waals surface area contributed by atoms with Crippen LogP contribution in [-0.4, -0.2) is 29.3 Å². The van der Waals surface area contributed by atoms with E-state index in [9.17, 15) is 4.79 Å². The van der Waals surface area contributed by atoms with Crippen LogP contribution in [0.2, 0.25) is 5.02 Å². The first-order chi connectivity index (χ1) is 10.6. The number of carbonyl (C=O) groups excluding carboxylic acids is 1. The Labute approximate surface area is 134 Å². The van der Waals surface area contributed by atoms with Crippen molar-refractivity contribution in [2.45, 2.75) is 19.8 Å². The number of hydrogen-bond donors (Lipinski definition) is 2. The van der Waals surface area contributed by atoms with E-state index in [-0.39, 0.29) is 11.8 Å². The Morgan fingerprint density at radius 2 is 2.18 bits per heavy atom. The molecule has 0 atom stereocenters. The van der Waals surface area contributed by atoms with Crippen LogP contribution in [0.25, 0.3) is 11.1 Å². The van der Waals surface area contributed by atoms with Crippen LogP contribution in [0.4, 0.5) is 5.82 Å². The average molecular weight is 320 g/mol. The largest absolute Gasteiger partial charge is 0.381 e. The number of amides is 1. The molecule has 0 radical (unpaired) electrons. The first-order valence-electron chi connectivity index (χ1n) is 7.34. The third kappa shape index (κ3) is 3.15. The van der Waals surface area contributed by atoms with Crippen molar-refractivity contribution in [2.75, 3.05) is 18.5 Å². The molecule has 1 aliphatic rings. The van der Waals surface area contributed by atoms with Gasteiger partial charge in [0, 0.05) is 35.4 Å². The van der Waals surface area contributed by atoms with Crippen LogP contribution >= 0.6 is 11.6 Å². The first kappa shape index (κ1) is 15.1. The van der Waals surface area contributed by atoms with Gasteiger partial charge < -0.3 is 10.1 Å². The van der Waals surface area contributed by atoms with Crippen LogP contribution in [0.1, 0.15) is 18.5 Å². The number of hydrogen-bond acceptors (Lipinski definition) is 3. The summed E-state index contributed by atoms with van der Waals surface area (Å²) in [6, 6.07) is 7.52. The van der Waals surface area contributed by atoms with Gasteiger partial charge >= 0.3 is 0 Å². The van der Waals surface area contributed by atoms with E-state index in [1.54, 1.807) is 0 Å². The fraction of sp³-hybridized carbons (Fsp3) is 0.375. The molecule has 0 saturated carbocycles. The molecule has 2 heterocycles. The number of rotatable bonds is 3. The number of benzene rings is 1. The molecule has 1 aromatic heterocycles. The molecule has 1 aliphatic heterocycles. The lowest BCUT2D eigenvalue weighted by Crippen LogP contribution is -2.28. The van der Waals surface area contributed by atoms with Gasteiger partial charge in [0.05, 0.1) is 0 Å². The van der Waals surface area contributed by atoms with Gasteiger partial charge in [0.2, 0.25) is 5.91 Å². The third-order valence-electron chi connectivity index (χ3n) is 3.89. The van der Waals surface area contributed by atoms with Crippen molar-refractivity contribution in [2.24, 2.45) is 5.92 Å². The van der Waals surface area contributed by atoms with Crippen molar-refractivity contribution in [1.82, 2.24) is 10.2 Å². The second-order valence-electron chi connectivity index (χ2n) is 5.46. The van der Waals surface area contributed by atoms with E-state index in [1.165, 1.54) is 0 Å². The summed E-state index contributed by atoms with van der Waals surface area (Å²) in [7, 11) is 0. The minimum absolute atomic E-state index is 0.00178. The Morgan fingerprint density at radius 1 is 1.41 bits per heavy atom. The monoisotopic (exact) mass is 319 g/mol. The molecule has 0 unspecified atom stereocenters. The number of nitrogens with zero attached hydrogens (tertiary/aromatic N) is 1. The molecule has 6 heteroatoms. The second-order valence-corrected chi connectivity index (χ2v) is 5.89. The highest BCUT2D eigenvalue weighted by Crippen LogP contribution is 2.31. The minimum Gasteiger partial charge on any atom is -0.381 e. The lowest BCUT2D eigenvalue weighted by Gasteiger charge is -2.21. The normalized spacial score (nSPS) is 15.7. The van der Waals surface area contributed by atoms with Gasteiger partial charge in [0.15, 0.2) is 5.82 Å². The highest BCUT2D eigenvalue weighted by Gasteiger charge is 2.24. The Balaban J connectivity index is 1.84. The molecule has 22 heavy (non-hydrogen) atoms. The fourth-order valence-electron chi connectivity index (χ4n) is 2.70. The van der Waals surface area contributed by atoms with Gasteiger partial charge in [-0.1, -0.05) is 23.7 Å². The fourth-order valence-corrected chi connectivity index (χ4v) is 2.89. The van der Waals surface area contributed by atoms with Crippen molar-refractivity contribution in [3.05, 3.63) is 35.0 Å². The van der Waals surface area contributed by atoms with Crippen LogP contribution < -0.4 is 5.32 Å². The molecule has 3 rings (SSSR count). The zero-order chi connectivity index (χ0) is 15.5. The van der Waals surface area contributed by atoms with E-state index in [2.05, 4.69) is 15.5 Å². The lowest BCUT2D eigenvalue weighted by molar-refractivity contribution is -0.122. The summed E-state index contributed by atoms with van der Waals surface area (Å²) in [5.74, 6) is 0.535. The predicted molar refractivity (Wildman–Crippen MR) is 85.9 cm³/mol. The molecule has 116 valence electrons. The molecule has 1 saturated heterocycles. The lowest BCUT2D eigenvalue weighted by atomic mass is 9.99. The maximum atomic E-state index is 12.4. The predicted octanol–water partition coefficient (Wildman–Crippen LogP) is 3.40. The zero-order valence-electron chi connectivity index (χ0n) is 12.4. The summed E-state index contributed by atoms with van der Waals surface area (Å²) in [5, 5.41) is 10.7. The van der Waals surface area contributed by atoms with Crippen LogP contribution in [0.15, 0.2) is 24.3 Å². The maximum Gasteiger partial charge on any atom is 0.228 e. The molecule has 0 spiro atoms. The topological polar surface area (TPSA) is 67.0 Å². The number of aromatic amines is 1. The van der Waals surface area contributed by atoms with Crippen LogP contribution in [0, 0.1) is 12.8 Å². The van der Waals surface area contributed by atoms with Gasteiger partial charge in [-0.2, -0.15) is 5.10 Å². The van der Waals surface area contributed by atoms with Gasteiger partial charge in [0.25, 0.3) is 0 Å². The summed E-state index contributed by atoms with van der Waals surface area (Å²) >= 11 is 6.06. The van der Waals surface area contributed by atoms with E-state index >= 15 is 0 Å². The number of halogens is 1. The molecule has 2 N–H and O–H groups in total. The Hall–Kier alpha value is -1.85. The smallest absolute Gasteiger partial charge is 0.228 e. The molecule has 0 bridgehead atoms. The maximum absolute atomic E-state index is 12.4. The second kappa shape index (κ2) is 6.50. The first-order valence-corrected chi connectivity index (χ1v) is 7.72. The van der Waals surface area contributed by atoms with Crippen molar-refractivity contribution < 1.29 is 9.53 Å². The zero-order valence-corrected chi connectivity index (χ0v) is 13.1. The van der Waals surface area contributed by atoms with E-state index in [4.69, 9.17) is 16.3 Å². The van der Waals surface area contributed by atoms with E-state index < -0.39 is 0 Å². The summed E-state index contributed by atoms with van der Waals surface area (Å²) in [5.41, 5.74) is 2.70. The number of H-pyrrole nitrogens is 1. The summed E-state index contributed by atoms with van der Waals surface area (Å²) < 4.78 is 5.29. The average Bonchev–Trinajstić information content (AvgIpc) is 2.89. The molecule has 5 nitrogen and oxygen atoms in total. The molecule has 1 aromatic carbocycles. The molecular formula is C16H18ClN3O2. The quantitative estimate of drug-likeness (QED) is 0.911. The number of nitrogens with one attached hydrogen (secondary N) is 2. The van der Waals surface area contributed by atoms with Gasteiger partial charge in [-0.15, -0.1) is 0 Å². The third-order valence-corrected chi connectivity index (χ3v) is 4.13. The number of anilines is 1. The van der Waals surface area contributed by atoms with E-state index in [0.29, 0.717) is 24.1 Å². The van der Waals surface area contributed by atoms with Crippen molar-refractivity contribution >= 4 is 23.3 Å². The van der Waals surface area contributed by atoms with Gasteiger partial charge in [-0.25, -0.2) is 0 Å². The minimum atomic E-state index is -0.0158. The van der Waals surface area contributed by atoms with E-state index in [1.807, 2.05) is 31.2 Å². The van der Waals surface area contributed by atoms with Crippen LogP contribution in [-0.2, 0) is 9.53 Å². The number of aryl methyl sites for hydroxylation is 1. The SMILES string of the molecule is Cc1[nH]nc(NC(=O)C2CCOCC2)c1-c1cccc(Cl)c1. The Morgan fingerprint density at radius 3 is 2.91 bits per heavy atom. The molecule has 0 aliphatic carbocycles. The van der Waals surface area contributed by atoms with Gasteiger partial charge in [0.1, 0.15) is 0 Å². The summed E-state index contributed by atoms with van der Waals surface area (Å²) in [4.78, 5) is 12.4. The summed E-state index contributed by atoms with van der Waals surface area (Å²) in [6.45, 7) is 3.20. The Bertz CT molecular complexity index is 678. The molecule has 2 aromatic rings. The van der Waals surface area contributed by atoms with Gasteiger partial charge in [-0.3, -0.25) is 9.89 Å². The number of aromatic nitrogens is 2. The molecular weight excluding hydrogens is 302 g/mol. The Kier molecular flexibility index (Phi) is 4.45. The molecule has 1 amide bonds. The highest BCUT2D eigenvalue weighted by molar-refractivity contribution is 6.30. The molecule has 1 fully saturated rings. The highest BCUT2D eigenvalue weighted by atomic mass is 35.5. The van der Waals surface area contributed by atoms with Crippen molar-refractivity contribution in [3.63, 3.8) is 0 Å².